The molecule has 2 fully saturated rings. The van der Waals surface area contributed by atoms with Crippen LogP contribution in [-0.2, 0) is 16.1 Å². The second-order valence-electron chi connectivity index (χ2n) is 8.57. The molecular weight excluding hydrogens is 350 g/mol. The average molecular weight is 390 g/mol. The van der Waals surface area contributed by atoms with Crippen LogP contribution in [0.1, 0.15) is 57.8 Å². The number of ether oxygens (including phenoxy) is 1. The van der Waals surface area contributed by atoms with Gasteiger partial charge in [0.15, 0.2) is 0 Å². The number of methoxy groups -OCH3 is 1. The quantitative estimate of drug-likeness (QED) is 0.541. The van der Waals surface area contributed by atoms with Crippen LogP contribution in [0, 0.1) is 5.92 Å². The molecule has 2 aliphatic heterocycles. The van der Waals surface area contributed by atoms with Crippen molar-refractivity contribution in [2.45, 2.75) is 70.4 Å². The molecule has 0 aliphatic carbocycles. The minimum absolute atomic E-state index is 0.325. The standard InChI is InChI=1S/C23H39N3O2/c1-28-19-18-26(20-21-10-9-17-25-16-6-4-11-22(21)25)23(27)12-3-2-5-13-24-14-7-8-15-24/h7-8,14-15,21-22H,2-6,9-13,16-20H2,1H3/t21-,22+/m0/s1. The van der Waals surface area contributed by atoms with Gasteiger partial charge in [-0.1, -0.05) is 12.8 Å². The molecule has 2 aliphatic rings. The van der Waals surface area contributed by atoms with Crippen LogP contribution < -0.4 is 0 Å². The van der Waals surface area contributed by atoms with E-state index in [2.05, 4.69) is 38.9 Å². The Kier molecular flexibility index (Phi) is 8.87. The Bertz CT molecular complexity index is 558. The Hall–Kier alpha value is -1.33. The lowest BCUT2D eigenvalue weighted by Crippen LogP contribution is -2.52. The molecule has 0 saturated carbocycles. The highest BCUT2D eigenvalue weighted by Crippen LogP contribution is 2.31. The number of aryl methyl sites for hydroxylation is 1. The molecule has 5 nitrogen and oxygen atoms in total. The summed E-state index contributed by atoms with van der Waals surface area (Å²) in [6, 6.07) is 4.83. The van der Waals surface area contributed by atoms with Crippen molar-refractivity contribution < 1.29 is 9.53 Å². The number of carbonyl (C=O) groups excluding carboxylic acids is 1. The fraction of sp³-hybridized carbons (Fsp3) is 0.783. The van der Waals surface area contributed by atoms with Gasteiger partial charge in [-0.2, -0.15) is 0 Å². The van der Waals surface area contributed by atoms with Crippen LogP contribution in [0.2, 0.25) is 0 Å². The van der Waals surface area contributed by atoms with Crippen molar-refractivity contribution in [2.24, 2.45) is 5.92 Å². The van der Waals surface area contributed by atoms with Crippen LogP contribution in [-0.4, -0.2) is 66.2 Å². The first-order valence-electron chi connectivity index (χ1n) is 11.4. The van der Waals surface area contributed by atoms with Gasteiger partial charge in [0.1, 0.15) is 0 Å². The number of carbonyl (C=O) groups is 1. The van der Waals surface area contributed by atoms with Crippen LogP contribution in [0.25, 0.3) is 0 Å². The fourth-order valence-corrected chi connectivity index (χ4v) is 5.02. The van der Waals surface area contributed by atoms with Crippen LogP contribution >= 0.6 is 0 Å². The maximum atomic E-state index is 12.9. The zero-order valence-corrected chi connectivity index (χ0v) is 17.7. The van der Waals surface area contributed by atoms with E-state index in [-0.39, 0.29) is 0 Å². The normalized spacial score (nSPS) is 22.8. The number of hydrogen-bond acceptors (Lipinski definition) is 3. The van der Waals surface area contributed by atoms with Gasteiger partial charge >= 0.3 is 0 Å². The summed E-state index contributed by atoms with van der Waals surface area (Å²) in [5.41, 5.74) is 0. The first-order valence-corrected chi connectivity index (χ1v) is 11.4. The predicted octanol–water partition coefficient (Wildman–Crippen LogP) is 3.79. The Morgan fingerprint density at radius 3 is 2.71 bits per heavy atom. The van der Waals surface area contributed by atoms with Gasteiger partial charge in [-0.15, -0.1) is 0 Å². The molecule has 0 aromatic carbocycles. The molecule has 3 heterocycles. The molecule has 1 amide bonds. The molecule has 2 saturated heterocycles. The highest BCUT2D eigenvalue weighted by atomic mass is 16.5. The van der Waals surface area contributed by atoms with Crippen molar-refractivity contribution in [3.63, 3.8) is 0 Å². The molecule has 28 heavy (non-hydrogen) atoms. The molecule has 1 aromatic heterocycles. The Labute approximate surface area is 171 Å². The third kappa shape index (κ3) is 6.35. The van der Waals surface area contributed by atoms with Crippen molar-refractivity contribution in [3.8, 4) is 0 Å². The topological polar surface area (TPSA) is 37.7 Å². The van der Waals surface area contributed by atoms with E-state index < -0.39 is 0 Å². The summed E-state index contributed by atoms with van der Waals surface area (Å²) in [6.45, 7) is 5.87. The number of fused-ring (bicyclic) bond motifs is 1. The predicted molar refractivity (Wildman–Crippen MR) is 113 cm³/mol. The van der Waals surface area contributed by atoms with E-state index in [1.165, 1.54) is 45.2 Å². The van der Waals surface area contributed by atoms with E-state index in [0.29, 0.717) is 30.9 Å². The van der Waals surface area contributed by atoms with Gasteiger partial charge in [0.05, 0.1) is 6.61 Å². The minimum atomic E-state index is 0.325. The van der Waals surface area contributed by atoms with Crippen LogP contribution in [0.3, 0.4) is 0 Å². The number of nitrogens with zero attached hydrogens (tertiary/aromatic N) is 3. The minimum Gasteiger partial charge on any atom is -0.383 e. The molecule has 0 bridgehead atoms. The number of unbranched alkanes of at least 4 members (excludes halogenated alkanes) is 2. The number of piperidine rings is 2. The molecule has 1 aromatic rings. The number of hydrogen-bond donors (Lipinski definition) is 0. The average Bonchev–Trinajstić information content (AvgIpc) is 3.24. The Balaban J connectivity index is 1.44. The van der Waals surface area contributed by atoms with Crippen molar-refractivity contribution in [1.29, 1.82) is 0 Å². The van der Waals surface area contributed by atoms with Crippen LogP contribution in [0.5, 0.6) is 0 Å². The SMILES string of the molecule is COCCN(C[C@@H]1CCCN2CCCC[C@H]12)C(=O)CCCCCn1cccc1. The molecule has 0 spiro atoms. The molecule has 5 heteroatoms. The first kappa shape index (κ1) is 21.4. The first-order chi connectivity index (χ1) is 13.8. The Morgan fingerprint density at radius 1 is 1.07 bits per heavy atom. The summed E-state index contributed by atoms with van der Waals surface area (Å²) in [5.74, 6) is 0.967. The molecule has 0 radical (unpaired) electrons. The molecule has 158 valence electrons. The second-order valence-corrected chi connectivity index (χ2v) is 8.57. The van der Waals surface area contributed by atoms with Gasteiger partial charge in [-0.3, -0.25) is 4.79 Å². The molecule has 0 unspecified atom stereocenters. The van der Waals surface area contributed by atoms with E-state index >= 15 is 0 Å². The zero-order chi connectivity index (χ0) is 19.6. The van der Waals surface area contributed by atoms with E-state index in [9.17, 15) is 4.79 Å². The molecule has 2 atom stereocenters. The third-order valence-corrected chi connectivity index (χ3v) is 6.57. The van der Waals surface area contributed by atoms with Crippen molar-refractivity contribution in [3.05, 3.63) is 24.5 Å². The second kappa shape index (κ2) is 11.6. The number of rotatable bonds is 11. The lowest BCUT2D eigenvalue weighted by Gasteiger charge is -2.45. The van der Waals surface area contributed by atoms with Crippen molar-refractivity contribution in [1.82, 2.24) is 14.4 Å². The van der Waals surface area contributed by atoms with Gasteiger partial charge in [0.2, 0.25) is 5.91 Å². The van der Waals surface area contributed by atoms with E-state index in [1.807, 2.05) is 0 Å². The summed E-state index contributed by atoms with van der Waals surface area (Å²) < 4.78 is 7.51. The smallest absolute Gasteiger partial charge is 0.222 e. The summed E-state index contributed by atoms with van der Waals surface area (Å²) in [7, 11) is 1.73. The summed E-state index contributed by atoms with van der Waals surface area (Å²) in [6.07, 6.45) is 14.7. The molecule has 0 N–H and O–H groups in total. The third-order valence-electron chi connectivity index (χ3n) is 6.57. The largest absolute Gasteiger partial charge is 0.383 e. The molecular formula is C23H39N3O2. The summed E-state index contributed by atoms with van der Waals surface area (Å²) in [4.78, 5) is 17.7. The van der Waals surface area contributed by atoms with E-state index in [4.69, 9.17) is 4.74 Å². The number of amides is 1. The van der Waals surface area contributed by atoms with Gasteiger partial charge in [-0.25, -0.2) is 0 Å². The van der Waals surface area contributed by atoms with Gasteiger partial charge in [-0.05, 0) is 69.7 Å². The summed E-state index contributed by atoms with van der Waals surface area (Å²) in [5, 5.41) is 0. The van der Waals surface area contributed by atoms with Gasteiger partial charge in [0.25, 0.3) is 0 Å². The maximum absolute atomic E-state index is 12.9. The lowest BCUT2D eigenvalue weighted by molar-refractivity contribution is -0.133. The monoisotopic (exact) mass is 389 g/mol. The van der Waals surface area contributed by atoms with Crippen LogP contribution in [0.15, 0.2) is 24.5 Å². The maximum Gasteiger partial charge on any atom is 0.222 e. The summed E-state index contributed by atoms with van der Waals surface area (Å²) >= 11 is 0. The fourth-order valence-electron chi connectivity index (χ4n) is 5.02. The Morgan fingerprint density at radius 2 is 1.89 bits per heavy atom. The van der Waals surface area contributed by atoms with Gasteiger partial charge in [0, 0.05) is 51.6 Å². The van der Waals surface area contributed by atoms with Gasteiger partial charge < -0.3 is 19.1 Å². The van der Waals surface area contributed by atoms with Crippen molar-refractivity contribution >= 4 is 5.91 Å². The molecule has 3 rings (SSSR count). The highest BCUT2D eigenvalue weighted by molar-refractivity contribution is 5.76. The highest BCUT2D eigenvalue weighted by Gasteiger charge is 2.34. The number of aromatic nitrogens is 1. The van der Waals surface area contributed by atoms with Crippen LogP contribution in [0.4, 0.5) is 0 Å². The van der Waals surface area contributed by atoms with E-state index in [1.54, 1.807) is 7.11 Å². The van der Waals surface area contributed by atoms with Crippen molar-refractivity contribution in [2.75, 3.05) is 39.9 Å². The van der Waals surface area contributed by atoms with E-state index in [0.717, 1.165) is 38.9 Å². The zero-order valence-electron chi connectivity index (χ0n) is 17.7. The lowest BCUT2D eigenvalue weighted by atomic mass is 9.83.